The van der Waals surface area contributed by atoms with E-state index in [1.165, 1.54) is 0 Å². The van der Waals surface area contributed by atoms with E-state index in [0.717, 1.165) is 16.8 Å². The summed E-state index contributed by atoms with van der Waals surface area (Å²) in [7, 11) is 0. The normalized spacial score (nSPS) is 11.9. The summed E-state index contributed by atoms with van der Waals surface area (Å²) in [6.45, 7) is 7.95. The number of aliphatic hydroxyl groups excluding tert-OH is 1. The second-order valence-corrected chi connectivity index (χ2v) is 6.41. The van der Waals surface area contributed by atoms with E-state index in [1.807, 2.05) is 64.1 Å². The minimum atomic E-state index is -0.805. The van der Waals surface area contributed by atoms with Crippen LogP contribution in [0.4, 0.5) is 10.5 Å². The molecule has 134 valence electrons. The molecule has 0 spiro atoms. The lowest BCUT2D eigenvalue weighted by Gasteiger charge is -2.16. The molecule has 0 aromatic heterocycles. The number of amides is 2. The van der Waals surface area contributed by atoms with Crippen molar-refractivity contribution in [2.24, 2.45) is 0 Å². The third-order valence-corrected chi connectivity index (χ3v) is 3.70. The van der Waals surface area contributed by atoms with Crippen LogP contribution in [0.1, 0.15) is 36.6 Å². The van der Waals surface area contributed by atoms with Gasteiger partial charge in [0.05, 0.1) is 12.2 Å². The first-order chi connectivity index (χ1) is 11.8. The molecule has 1 unspecified atom stereocenters. The molecule has 3 N–H and O–H groups in total. The summed E-state index contributed by atoms with van der Waals surface area (Å²) in [4.78, 5) is 12.0. The SMILES string of the molecule is Cc1ccc(NC(=O)NCC(O)c2cccc(OC(C)C)c2)c(C)c1. The maximum atomic E-state index is 12.0. The molecule has 0 aliphatic rings. The van der Waals surface area contributed by atoms with Crippen molar-refractivity contribution in [3.05, 3.63) is 59.2 Å². The highest BCUT2D eigenvalue weighted by atomic mass is 16.5. The molecule has 0 bridgehead atoms. The molecule has 2 amide bonds. The van der Waals surface area contributed by atoms with Crippen LogP contribution in [0.15, 0.2) is 42.5 Å². The monoisotopic (exact) mass is 342 g/mol. The number of ether oxygens (including phenoxy) is 1. The van der Waals surface area contributed by atoms with E-state index in [9.17, 15) is 9.90 Å². The van der Waals surface area contributed by atoms with Gasteiger partial charge in [-0.05, 0) is 57.0 Å². The molecule has 25 heavy (non-hydrogen) atoms. The Morgan fingerprint density at radius 1 is 1.16 bits per heavy atom. The van der Waals surface area contributed by atoms with Crippen LogP contribution in [-0.4, -0.2) is 23.8 Å². The van der Waals surface area contributed by atoms with Gasteiger partial charge >= 0.3 is 6.03 Å². The zero-order valence-corrected chi connectivity index (χ0v) is 15.2. The fourth-order valence-electron chi connectivity index (χ4n) is 2.49. The number of hydrogen-bond acceptors (Lipinski definition) is 3. The van der Waals surface area contributed by atoms with Gasteiger partial charge in [-0.3, -0.25) is 0 Å². The highest BCUT2D eigenvalue weighted by Crippen LogP contribution is 2.20. The predicted molar refractivity (Wildman–Crippen MR) is 100 cm³/mol. The van der Waals surface area contributed by atoms with Crippen LogP contribution < -0.4 is 15.4 Å². The lowest BCUT2D eigenvalue weighted by Crippen LogP contribution is -2.32. The topological polar surface area (TPSA) is 70.6 Å². The van der Waals surface area contributed by atoms with Crippen molar-refractivity contribution >= 4 is 11.7 Å². The molecule has 0 saturated heterocycles. The van der Waals surface area contributed by atoms with E-state index in [4.69, 9.17) is 4.74 Å². The Kier molecular flexibility index (Phi) is 6.42. The van der Waals surface area contributed by atoms with Crippen molar-refractivity contribution in [1.82, 2.24) is 5.32 Å². The summed E-state index contributed by atoms with van der Waals surface area (Å²) < 4.78 is 5.62. The Hall–Kier alpha value is -2.53. The Morgan fingerprint density at radius 2 is 1.92 bits per heavy atom. The van der Waals surface area contributed by atoms with E-state index in [2.05, 4.69) is 10.6 Å². The molecule has 0 fully saturated rings. The summed E-state index contributed by atoms with van der Waals surface area (Å²) in [5.74, 6) is 0.700. The molecular formula is C20H26N2O3. The number of hydrogen-bond donors (Lipinski definition) is 3. The first kappa shape index (κ1) is 18.8. The average Bonchev–Trinajstić information content (AvgIpc) is 2.55. The fourth-order valence-corrected chi connectivity index (χ4v) is 2.49. The van der Waals surface area contributed by atoms with Crippen LogP contribution in [0.2, 0.25) is 0 Å². The molecule has 5 heteroatoms. The van der Waals surface area contributed by atoms with Crippen molar-refractivity contribution in [2.75, 3.05) is 11.9 Å². The van der Waals surface area contributed by atoms with Gasteiger partial charge in [0, 0.05) is 12.2 Å². The van der Waals surface area contributed by atoms with Gasteiger partial charge in [0.25, 0.3) is 0 Å². The van der Waals surface area contributed by atoms with Gasteiger partial charge in [0.2, 0.25) is 0 Å². The molecule has 5 nitrogen and oxygen atoms in total. The van der Waals surface area contributed by atoms with Crippen LogP contribution in [0.25, 0.3) is 0 Å². The number of carbonyl (C=O) groups is 1. The maximum absolute atomic E-state index is 12.0. The standard InChI is InChI=1S/C20H26N2O3/c1-13(2)25-17-7-5-6-16(11-17)19(23)12-21-20(24)22-18-9-8-14(3)10-15(18)4/h5-11,13,19,23H,12H2,1-4H3,(H2,21,22,24). The number of rotatable bonds is 6. The van der Waals surface area contributed by atoms with E-state index in [0.29, 0.717) is 11.3 Å². The largest absolute Gasteiger partial charge is 0.491 e. The highest BCUT2D eigenvalue weighted by molar-refractivity contribution is 5.90. The minimum absolute atomic E-state index is 0.0639. The van der Waals surface area contributed by atoms with Crippen LogP contribution in [0.5, 0.6) is 5.75 Å². The first-order valence-electron chi connectivity index (χ1n) is 8.42. The summed E-state index contributed by atoms with van der Waals surface area (Å²) >= 11 is 0. The number of nitrogens with one attached hydrogen (secondary N) is 2. The van der Waals surface area contributed by atoms with Crippen molar-refractivity contribution in [3.8, 4) is 5.75 Å². The van der Waals surface area contributed by atoms with Crippen LogP contribution in [0, 0.1) is 13.8 Å². The van der Waals surface area contributed by atoms with Gasteiger partial charge < -0.3 is 20.5 Å². The number of carbonyl (C=O) groups excluding carboxylic acids is 1. The van der Waals surface area contributed by atoms with E-state index in [-0.39, 0.29) is 18.7 Å². The van der Waals surface area contributed by atoms with E-state index < -0.39 is 6.10 Å². The van der Waals surface area contributed by atoms with Crippen molar-refractivity contribution in [3.63, 3.8) is 0 Å². The molecule has 0 radical (unpaired) electrons. The smallest absolute Gasteiger partial charge is 0.319 e. The van der Waals surface area contributed by atoms with Crippen molar-refractivity contribution in [2.45, 2.75) is 39.9 Å². The van der Waals surface area contributed by atoms with Crippen LogP contribution >= 0.6 is 0 Å². The molecule has 0 aliphatic carbocycles. The number of benzene rings is 2. The van der Waals surface area contributed by atoms with Gasteiger partial charge in [0.15, 0.2) is 0 Å². The van der Waals surface area contributed by atoms with Crippen LogP contribution in [0.3, 0.4) is 0 Å². The summed E-state index contributed by atoms with van der Waals surface area (Å²) in [5.41, 5.74) is 3.59. The molecule has 0 heterocycles. The van der Waals surface area contributed by atoms with Gasteiger partial charge in [-0.25, -0.2) is 4.79 Å². The first-order valence-corrected chi connectivity index (χ1v) is 8.42. The summed E-state index contributed by atoms with van der Waals surface area (Å²) in [5, 5.41) is 15.8. The maximum Gasteiger partial charge on any atom is 0.319 e. The minimum Gasteiger partial charge on any atom is -0.491 e. The number of aryl methyl sites for hydroxylation is 2. The Bertz CT molecular complexity index is 729. The zero-order valence-electron chi connectivity index (χ0n) is 15.2. The van der Waals surface area contributed by atoms with Crippen molar-refractivity contribution < 1.29 is 14.6 Å². The molecular weight excluding hydrogens is 316 g/mol. The lowest BCUT2D eigenvalue weighted by molar-refractivity contribution is 0.174. The molecule has 2 aromatic carbocycles. The predicted octanol–water partition coefficient (Wildman–Crippen LogP) is 3.95. The lowest BCUT2D eigenvalue weighted by atomic mass is 10.1. The Labute approximate surface area is 149 Å². The van der Waals surface area contributed by atoms with Gasteiger partial charge in [-0.15, -0.1) is 0 Å². The number of urea groups is 1. The molecule has 1 atom stereocenters. The molecule has 2 aromatic rings. The van der Waals surface area contributed by atoms with Gasteiger partial charge in [-0.2, -0.15) is 0 Å². The van der Waals surface area contributed by atoms with E-state index in [1.54, 1.807) is 6.07 Å². The van der Waals surface area contributed by atoms with Crippen molar-refractivity contribution in [1.29, 1.82) is 0 Å². The number of anilines is 1. The van der Waals surface area contributed by atoms with Gasteiger partial charge in [-0.1, -0.05) is 29.8 Å². The summed E-state index contributed by atoms with van der Waals surface area (Å²) in [6.07, 6.45) is -0.741. The third kappa shape index (κ3) is 5.80. The zero-order chi connectivity index (χ0) is 18.4. The van der Waals surface area contributed by atoms with Crippen LogP contribution in [-0.2, 0) is 0 Å². The second-order valence-electron chi connectivity index (χ2n) is 6.41. The molecule has 0 aliphatic heterocycles. The number of aliphatic hydroxyl groups is 1. The highest BCUT2D eigenvalue weighted by Gasteiger charge is 2.11. The quantitative estimate of drug-likeness (QED) is 0.744. The average molecular weight is 342 g/mol. The fraction of sp³-hybridized carbons (Fsp3) is 0.350. The van der Waals surface area contributed by atoms with Gasteiger partial charge in [0.1, 0.15) is 5.75 Å². The van der Waals surface area contributed by atoms with E-state index >= 15 is 0 Å². The second kappa shape index (κ2) is 8.53. The summed E-state index contributed by atoms with van der Waals surface area (Å²) in [6, 6.07) is 12.7. The molecule has 0 saturated carbocycles. The molecule has 2 rings (SSSR count). The third-order valence-electron chi connectivity index (χ3n) is 3.70. The Morgan fingerprint density at radius 3 is 2.60 bits per heavy atom. The Balaban J connectivity index is 1.90.